The van der Waals surface area contributed by atoms with Crippen molar-refractivity contribution < 1.29 is 46.3 Å². The molecule has 5 aromatic rings. The summed E-state index contributed by atoms with van der Waals surface area (Å²) in [5.74, 6) is -1.58. The fourth-order valence-corrected chi connectivity index (χ4v) is 4.70. The normalized spacial score (nSPS) is 11.7. The van der Waals surface area contributed by atoms with Crippen LogP contribution in [-0.2, 0) is 16.7 Å². The number of hydrogen-bond donors (Lipinski definition) is 4. The van der Waals surface area contributed by atoms with Gasteiger partial charge in [0.15, 0.2) is 11.5 Å². The van der Waals surface area contributed by atoms with E-state index in [1.165, 1.54) is 25.3 Å². The van der Waals surface area contributed by atoms with Crippen LogP contribution in [0.1, 0.15) is 39.1 Å². The summed E-state index contributed by atoms with van der Waals surface area (Å²) < 4.78 is 67.9. The first kappa shape index (κ1) is 35.7. The molecule has 1 atom stereocenters. The Morgan fingerprint density at radius 2 is 1.74 bits per heavy atom. The van der Waals surface area contributed by atoms with E-state index >= 15 is 0 Å². The lowest BCUT2D eigenvalue weighted by Gasteiger charge is -2.09. The minimum Gasteiger partial charge on any atom is -0.494 e. The SMILES string of the molecule is COc1ccc(-c2nc(C(=O)NCc3ccc(F)cc3F)c([C@@H](N)CO)o2)c2ccc(C)nc12.Cc1ccc(S(=O)(=O)O)cc1.O. The van der Waals surface area contributed by atoms with Gasteiger partial charge in [-0.05, 0) is 50.2 Å². The molecule has 0 saturated heterocycles. The van der Waals surface area contributed by atoms with Crippen LogP contribution in [0.25, 0.3) is 22.4 Å². The first-order chi connectivity index (χ1) is 21.3. The Labute approximate surface area is 262 Å². The summed E-state index contributed by atoms with van der Waals surface area (Å²) in [6.07, 6.45) is 0. The number of pyridine rings is 1. The summed E-state index contributed by atoms with van der Waals surface area (Å²) in [7, 11) is -2.48. The molecule has 0 aliphatic rings. The van der Waals surface area contributed by atoms with Crippen molar-refractivity contribution >= 4 is 26.9 Å². The molecule has 3 aromatic carbocycles. The minimum absolute atomic E-state index is 0. The quantitative estimate of drug-likeness (QED) is 0.177. The Kier molecular flexibility index (Phi) is 11.6. The highest BCUT2D eigenvalue weighted by atomic mass is 32.2. The van der Waals surface area contributed by atoms with E-state index in [1.807, 2.05) is 26.0 Å². The number of carbonyl (C=O) groups is 1. The number of nitrogens with zero attached hydrogens (tertiary/aromatic N) is 2. The van der Waals surface area contributed by atoms with E-state index in [1.54, 1.807) is 24.3 Å². The average molecular weight is 659 g/mol. The van der Waals surface area contributed by atoms with E-state index in [4.69, 9.17) is 19.4 Å². The third-order valence-electron chi connectivity index (χ3n) is 6.59. The Bertz CT molecular complexity index is 1950. The van der Waals surface area contributed by atoms with Crippen LogP contribution in [0.2, 0.25) is 0 Å². The number of aromatic nitrogens is 2. The molecule has 15 heteroatoms. The number of nitrogens with one attached hydrogen (secondary N) is 1. The summed E-state index contributed by atoms with van der Waals surface area (Å²) in [6.45, 7) is 2.98. The van der Waals surface area contributed by atoms with Gasteiger partial charge in [0.2, 0.25) is 5.89 Å². The predicted octanol–water partition coefficient (Wildman–Crippen LogP) is 3.82. The molecule has 0 bridgehead atoms. The number of aryl methyl sites for hydroxylation is 2. The van der Waals surface area contributed by atoms with E-state index in [0.717, 1.165) is 23.4 Å². The molecule has 0 unspecified atom stereocenters. The molecule has 2 aromatic heterocycles. The van der Waals surface area contributed by atoms with E-state index < -0.39 is 40.3 Å². The average Bonchev–Trinajstić information content (AvgIpc) is 3.45. The Balaban J connectivity index is 0.000000408. The van der Waals surface area contributed by atoms with Crippen LogP contribution in [-0.4, -0.2) is 53.1 Å². The van der Waals surface area contributed by atoms with E-state index in [0.29, 0.717) is 22.2 Å². The van der Waals surface area contributed by atoms with E-state index in [9.17, 15) is 27.1 Å². The van der Waals surface area contributed by atoms with Crippen molar-refractivity contribution in [3.05, 3.63) is 107 Å². The number of rotatable bonds is 8. The fraction of sp³-hybridized carbons (Fsp3) is 0.194. The second-order valence-electron chi connectivity index (χ2n) is 9.89. The number of hydrogen-bond acceptors (Lipinski definition) is 9. The number of benzene rings is 3. The molecule has 0 aliphatic heterocycles. The van der Waals surface area contributed by atoms with Gasteiger partial charge in [0.05, 0.1) is 24.7 Å². The molecule has 12 nitrogen and oxygen atoms in total. The molecule has 0 saturated carbocycles. The van der Waals surface area contributed by atoms with Gasteiger partial charge in [-0.25, -0.2) is 18.7 Å². The van der Waals surface area contributed by atoms with Crippen molar-refractivity contribution in [1.29, 1.82) is 0 Å². The number of nitrogens with two attached hydrogens (primary N) is 1. The minimum atomic E-state index is -4.02. The molecular formula is C31H32F2N4O8S. The molecule has 0 aliphatic carbocycles. The van der Waals surface area contributed by atoms with Crippen molar-refractivity contribution in [1.82, 2.24) is 15.3 Å². The summed E-state index contributed by atoms with van der Waals surface area (Å²) in [6, 6.07) is 15.1. The van der Waals surface area contributed by atoms with Crippen molar-refractivity contribution in [2.45, 2.75) is 31.3 Å². The molecular weight excluding hydrogens is 626 g/mol. The maximum absolute atomic E-state index is 13.9. The van der Waals surface area contributed by atoms with E-state index in [-0.39, 0.29) is 39.8 Å². The lowest BCUT2D eigenvalue weighted by atomic mass is 10.1. The monoisotopic (exact) mass is 658 g/mol. The zero-order valence-electron chi connectivity index (χ0n) is 24.9. The summed E-state index contributed by atoms with van der Waals surface area (Å²) in [5.41, 5.74) is 8.76. The largest absolute Gasteiger partial charge is 0.494 e. The molecule has 0 spiro atoms. The van der Waals surface area contributed by atoms with E-state index in [2.05, 4.69) is 15.3 Å². The number of aliphatic hydroxyl groups is 1. The van der Waals surface area contributed by atoms with Gasteiger partial charge in [-0.2, -0.15) is 8.42 Å². The molecule has 1 amide bonds. The molecule has 7 N–H and O–H groups in total. The number of ether oxygens (including phenoxy) is 1. The highest BCUT2D eigenvalue weighted by Crippen LogP contribution is 2.35. The van der Waals surface area contributed by atoms with Crippen LogP contribution in [0.4, 0.5) is 8.78 Å². The number of oxazole rings is 1. The standard InChI is InChI=1S/C24H22F2N4O4.C7H8O3S.H2O/c1-12-3-6-15-16(7-8-19(33-2)20(15)29-12)24-30-21(22(34-24)18(27)11-31)23(32)28-10-13-4-5-14(25)9-17(13)26;1-6-2-4-7(5-3-6)11(8,9)10;/h3-9,18,31H,10-11,27H2,1-2H3,(H,28,32);2-5H,1H3,(H,8,9,10);1H2/t18-;;/m0../s1. The number of methoxy groups -OCH3 is 1. The van der Waals surface area contributed by atoms with Gasteiger partial charge in [-0.15, -0.1) is 0 Å². The van der Waals surface area contributed by atoms with Gasteiger partial charge >= 0.3 is 0 Å². The summed E-state index contributed by atoms with van der Waals surface area (Å²) in [4.78, 5) is 21.7. The Hall–Kier alpha value is -4.80. The summed E-state index contributed by atoms with van der Waals surface area (Å²) in [5, 5.41) is 12.8. The molecule has 2 heterocycles. The topological polar surface area (TPSA) is 209 Å². The summed E-state index contributed by atoms with van der Waals surface area (Å²) >= 11 is 0. The zero-order valence-corrected chi connectivity index (χ0v) is 25.7. The third kappa shape index (κ3) is 8.26. The molecule has 0 radical (unpaired) electrons. The van der Waals surface area contributed by atoms with Crippen LogP contribution < -0.4 is 15.8 Å². The number of amides is 1. The van der Waals surface area contributed by atoms with Crippen molar-refractivity contribution in [3.63, 3.8) is 0 Å². The highest BCUT2D eigenvalue weighted by molar-refractivity contribution is 7.85. The zero-order chi connectivity index (χ0) is 32.9. The van der Waals surface area contributed by atoms with Crippen LogP contribution in [0, 0.1) is 25.5 Å². The van der Waals surface area contributed by atoms with Crippen LogP contribution in [0.3, 0.4) is 0 Å². The smallest absolute Gasteiger partial charge is 0.294 e. The number of halogens is 2. The van der Waals surface area contributed by atoms with Crippen LogP contribution in [0.15, 0.2) is 76.0 Å². The molecule has 46 heavy (non-hydrogen) atoms. The van der Waals surface area contributed by atoms with Crippen molar-refractivity contribution in [3.8, 4) is 17.2 Å². The van der Waals surface area contributed by atoms with Gasteiger partial charge in [-0.3, -0.25) is 9.35 Å². The molecule has 5 rings (SSSR count). The molecule has 244 valence electrons. The highest BCUT2D eigenvalue weighted by Gasteiger charge is 2.26. The molecule has 0 fully saturated rings. The van der Waals surface area contributed by atoms with Crippen LogP contribution in [0.5, 0.6) is 5.75 Å². The lowest BCUT2D eigenvalue weighted by Crippen LogP contribution is -2.26. The fourth-order valence-electron chi connectivity index (χ4n) is 4.22. The van der Waals surface area contributed by atoms with Gasteiger partial charge in [0.25, 0.3) is 16.0 Å². The van der Waals surface area contributed by atoms with Crippen molar-refractivity contribution in [2.24, 2.45) is 5.73 Å². The maximum Gasteiger partial charge on any atom is 0.294 e. The van der Waals surface area contributed by atoms with Gasteiger partial charge in [-0.1, -0.05) is 29.8 Å². The Morgan fingerprint density at radius 3 is 2.35 bits per heavy atom. The number of aliphatic hydroxyl groups excluding tert-OH is 1. The van der Waals surface area contributed by atoms with Crippen LogP contribution >= 0.6 is 0 Å². The second kappa shape index (κ2) is 15.0. The maximum atomic E-state index is 13.9. The van der Waals surface area contributed by atoms with Crippen molar-refractivity contribution in [2.75, 3.05) is 13.7 Å². The van der Waals surface area contributed by atoms with Gasteiger partial charge in [0, 0.05) is 34.8 Å². The lowest BCUT2D eigenvalue weighted by molar-refractivity contribution is 0.0942. The second-order valence-corrected chi connectivity index (χ2v) is 11.3. The first-order valence-electron chi connectivity index (χ1n) is 13.4. The Morgan fingerprint density at radius 1 is 1.04 bits per heavy atom. The third-order valence-corrected chi connectivity index (χ3v) is 7.45. The number of fused-ring (bicyclic) bond motifs is 1. The van der Waals surface area contributed by atoms with Gasteiger partial charge in [0.1, 0.15) is 22.9 Å². The predicted molar refractivity (Wildman–Crippen MR) is 165 cm³/mol. The number of carbonyl (C=O) groups excluding carboxylic acids is 1. The first-order valence-corrected chi connectivity index (χ1v) is 14.8. The van der Waals surface area contributed by atoms with Gasteiger partial charge < -0.3 is 30.8 Å².